The molecule has 1 N–H and O–H groups in total. The number of anilines is 2. The highest BCUT2D eigenvalue weighted by Crippen LogP contribution is 2.23. The summed E-state index contributed by atoms with van der Waals surface area (Å²) in [7, 11) is 0. The van der Waals surface area contributed by atoms with Crippen molar-refractivity contribution in [3.8, 4) is 0 Å². The summed E-state index contributed by atoms with van der Waals surface area (Å²) in [5, 5.41) is 2.64. The fourth-order valence-corrected chi connectivity index (χ4v) is 3.13. The van der Waals surface area contributed by atoms with E-state index in [1.54, 1.807) is 41.3 Å². The van der Waals surface area contributed by atoms with Gasteiger partial charge >= 0.3 is 5.97 Å². The first-order valence-electron chi connectivity index (χ1n) is 9.49. The van der Waals surface area contributed by atoms with Crippen molar-refractivity contribution in [1.29, 1.82) is 0 Å². The van der Waals surface area contributed by atoms with Crippen molar-refractivity contribution < 1.29 is 23.5 Å². The van der Waals surface area contributed by atoms with Crippen molar-refractivity contribution in [2.24, 2.45) is 0 Å². The van der Waals surface area contributed by atoms with Crippen LogP contribution in [0.1, 0.15) is 18.7 Å². The van der Waals surface area contributed by atoms with Crippen LogP contribution in [-0.2, 0) is 19.1 Å². The molecule has 2 heterocycles. The number of carbonyl (C=O) groups excluding carboxylic acids is 3. The average molecular weight is 405 g/mol. The van der Waals surface area contributed by atoms with Gasteiger partial charge in [-0.05, 0) is 42.8 Å². The van der Waals surface area contributed by atoms with Crippen LogP contribution in [0.4, 0.5) is 11.4 Å². The molecule has 1 fully saturated rings. The summed E-state index contributed by atoms with van der Waals surface area (Å²) in [6, 6.07) is 14.2. The number of para-hydroxylation sites is 2. The average Bonchev–Trinajstić information content (AvgIpc) is 3.37. The van der Waals surface area contributed by atoms with E-state index in [0.29, 0.717) is 29.8 Å². The van der Waals surface area contributed by atoms with Gasteiger partial charge in [0, 0.05) is 36.5 Å². The predicted molar refractivity (Wildman–Crippen MR) is 111 cm³/mol. The van der Waals surface area contributed by atoms with E-state index >= 15 is 0 Å². The molecule has 8 nitrogen and oxygen atoms in total. The second-order valence-electron chi connectivity index (χ2n) is 6.70. The van der Waals surface area contributed by atoms with E-state index < -0.39 is 18.5 Å². The molecule has 0 radical (unpaired) electrons. The molecule has 1 saturated heterocycles. The Hall–Kier alpha value is -3.94. The third-order valence-corrected chi connectivity index (χ3v) is 4.55. The molecule has 0 aliphatic carbocycles. The van der Waals surface area contributed by atoms with E-state index in [2.05, 4.69) is 10.3 Å². The van der Waals surface area contributed by atoms with Crippen molar-refractivity contribution >= 4 is 46.3 Å². The lowest BCUT2D eigenvalue weighted by atomic mass is 10.2. The smallest absolute Gasteiger partial charge is 0.331 e. The van der Waals surface area contributed by atoms with Crippen LogP contribution in [0, 0.1) is 0 Å². The van der Waals surface area contributed by atoms with Gasteiger partial charge in [-0.1, -0.05) is 12.1 Å². The maximum absolute atomic E-state index is 12.0. The number of amides is 2. The van der Waals surface area contributed by atoms with Gasteiger partial charge < -0.3 is 19.4 Å². The summed E-state index contributed by atoms with van der Waals surface area (Å²) in [5.74, 6) is -0.780. The summed E-state index contributed by atoms with van der Waals surface area (Å²) in [4.78, 5) is 41.5. The minimum atomic E-state index is -0.685. The van der Waals surface area contributed by atoms with Gasteiger partial charge in [0.25, 0.3) is 5.91 Å². The Balaban J connectivity index is 1.25. The van der Waals surface area contributed by atoms with Crippen molar-refractivity contribution in [1.82, 2.24) is 4.98 Å². The van der Waals surface area contributed by atoms with E-state index in [9.17, 15) is 14.4 Å². The van der Waals surface area contributed by atoms with E-state index in [1.165, 1.54) is 6.08 Å². The molecule has 2 aromatic carbocycles. The quantitative estimate of drug-likeness (QED) is 0.499. The number of nitrogens with one attached hydrogen (secondary N) is 1. The lowest BCUT2D eigenvalue weighted by Gasteiger charge is -2.16. The van der Waals surface area contributed by atoms with Crippen molar-refractivity contribution in [3.05, 3.63) is 60.5 Å². The first-order valence-corrected chi connectivity index (χ1v) is 9.49. The Labute approximate surface area is 172 Å². The van der Waals surface area contributed by atoms with Gasteiger partial charge in [0.15, 0.2) is 12.2 Å². The standard InChI is InChI=1S/C22H19N3O5/c26-19(23-15-7-9-16(10-8-15)25-13-3-6-21(25)27)14-29-22(28)12-11-20-24-17-4-1-2-5-18(17)30-20/h1-2,4-5,7-12H,3,6,13-14H2,(H,23,26)/b12-11+. The zero-order chi connectivity index (χ0) is 20.9. The van der Waals surface area contributed by atoms with Crippen molar-refractivity contribution in [3.63, 3.8) is 0 Å². The topological polar surface area (TPSA) is 102 Å². The number of fused-ring (bicyclic) bond motifs is 1. The lowest BCUT2D eigenvalue weighted by Crippen LogP contribution is -2.23. The summed E-state index contributed by atoms with van der Waals surface area (Å²) >= 11 is 0. The first-order chi connectivity index (χ1) is 14.6. The lowest BCUT2D eigenvalue weighted by molar-refractivity contribution is -0.142. The van der Waals surface area contributed by atoms with Crippen LogP contribution >= 0.6 is 0 Å². The summed E-state index contributed by atoms with van der Waals surface area (Å²) in [5.41, 5.74) is 2.65. The van der Waals surface area contributed by atoms with Gasteiger partial charge in [0.2, 0.25) is 11.8 Å². The van der Waals surface area contributed by atoms with Gasteiger partial charge in [0.05, 0.1) is 0 Å². The molecular weight excluding hydrogens is 386 g/mol. The zero-order valence-electron chi connectivity index (χ0n) is 16.0. The summed E-state index contributed by atoms with van der Waals surface area (Å²) in [6.45, 7) is 0.278. The molecule has 4 rings (SSSR count). The summed E-state index contributed by atoms with van der Waals surface area (Å²) < 4.78 is 10.4. The van der Waals surface area contributed by atoms with Gasteiger partial charge in [-0.25, -0.2) is 9.78 Å². The van der Waals surface area contributed by atoms with Crippen LogP contribution in [0.15, 0.2) is 59.0 Å². The van der Waals surface area contributed by atoms with Crippen LogP contribution < -0.4 is 10.2 Å². The third-order valence-electron chi connectivity index (χ3n) is 4.55. The number of hydrogen-bond acceptors (Lipinski definition) is 6. The van der Waals surface area contributed by atoms with Gasteiger partial charge in [-0.3, -0.25) is 9.59 Å². The minimum absolute atomic E-state index is 0.101. The van der Waals surface area contributed by atoms with E-state index in [-0.39, 0.29) is 11.8 Å². The fourth-order valence-electron chi connectivity index (χ4n) is 3.13. The Morgan fingerprint density at radius 1 is 1.17 bits per heavy atom. The summed E-state index contributed by atoms with van der Waals surface area (Å²) in [6.07, 6.45) is 3.95. The number of ether oxygens (including phenoxy) is 1. The van der Waals surface area contributed by atoms with E-state index in [4.69, 9.17) is 9.15 Å². The van der Waals surface area contributed by atoms with Crippen LogP contribution in [0.5, 0.6) is 0 Å². The molecule has 1 aromatic heterocycles. The predicted octanol–water partition coefficient (Wildman–Crippen LogP) is 3.15. The molecule has 0 unspecified atom stereocenters. The number of carbonyl (C=O) groups is 3. The van der Waals surface area contributed by atoms with Crippen LogP contribution in [0.2, 0.25) is 0 Å². The second kappa shape index (κ2) is 8.60. The molecular formula is C22H19N3O5. The molecule has 3 aromatic rings. The molecule has 30 heavy (non-hydrogen) atoms. The normalized spacial score (nSPS) is 13.9. The number of rotatable bonds is 6. The molecule has 2 amide bonds. The van der Waals surface area contributed by atoms with Crippen LogP contribution in [0.3, 0.4) is 0 Å². The molecule has 0 spiro atoms. The Kier molecular flexibility index (Phi) is 5.56. The number of hydrogen-bond donors (Lipinski definition) is 1. The molecule has 152 valence electrons. The third kappa shape index (κ3) is 4.54. The van der Waals surface area contributed by atoms with E-state index in [0.717, 1.165) is 18.2 Å². The number of aromatic nitrogens is 1. The molecule has 1 aliphatic rings. The van der Waals surface area contributed by atoms with Crippen LogP contribution in [-0.4, -0.2) is 35.9 Å². The highest BCUT2D eigenvalue weighted by atomic mass is 16.5. The minimum Gasteiger partial charge on any atom is -0.452 e. The van der Waals surface area contributed by atoms with Gasteiger partial charge in [-0.2, -0.15) is 0 Å². The molecule has 1 aliphatic heterocycles. The van der Waals surface area contributed by atoms with Gasteiger partial charge in [-0.15, -0.1) is 0 Å². The second-order valence-corrected chi connectivity index (χ2v) is 6.70. The number of nitrogens with zero attached hydrogens (tertiary/aromatic N) is 2. The first kappa shape index (κ1) is 19.4. The van der Waals surface area contributed by atoms with Crippen molar-refractivity contribution in [2.45, 2.75) is 12.8 Å². The molecule has 0 bridgehead atoms. The highest BCUT2D eigenvalue weighted by molar-refractivity contribution is 5.97. The fraction of sp³-hybridized carbons (Fsp3) is 0.182. The molecule has 0 atom stereocenters. The highest BCUT2D eigenvalue weighted by Gasteiger charge is 2.21. The molecule has 8 heteroatoms. The maximum Gasteiger partial charge on any atom is 0.331 e. The SMILES string of the molecule is O=C(COC(=O)/C=C/c1nc2ccccc2o1)Nc1ccc(N2CCCC2=O)cc1. The van der Waals surface area contributed by atoms with Crippen LogP contribution in [0.25, 0.3) is 17.2 Å². The van der Waals surface area contributed by atoms with Gasteiger partial charge in [0.1, 0.15) is 5.52 Å². The van der Waals surface area contributed by atoms with E-state index in [1.807, 2.05) is 12.1 Å². The molecule has 0 saturated carbocycles. The number of esters is 1. The zero-order valence-corrected chi connectivity index (χ0v) is 16.0. The maximum atomic E-state index is 12.0. The number of benzene rings is 2. The monoisotopic (exact) mass is 405 g/mol. The van der Waals surface area contributed by atoms with Crippen molar-refractivity contribution in [2.75, 3.05) is 23.4 Å². The largest absolute Gasteiger partial charge is 0.452 e. The number of oxazole rings is 1. The Bertz CT molecular complexity index is 1080. The Morgan fingerprint density at radius 3 is 2.70 bits per heavy atom. The Morgan fingerprint density at radius 2 is 1.97 bits per heavy atom.